The highest BCUT2D eigenvalue weighted by atomic mass is 16.6. The third-order valence-corrected chi connectivity index (χ3v) is 13.1. The van der Waals surface area contributed by atoms with E-state index >= 15 is 0 Å². The zero-order chi connectivity index (χ0) is 27.8. The summed E-state index contributed by atoms with van der Waals surface area (Å²) in [6, 6.07) is 10.5. The van der Waals surface area contributed by atoms with E-state index < -0.39 is 0 Å². The van der Waals surface area contributed by atoms with Gasteiger partial charge in [0.2, 0.25) is 0 Å². The summed E-state index contributed by atoms with van der Waals surface area (Å²) in [6.45, 7) is 10.7. The summed E-state index contributed by atoms with van der Waals surface area (Å²) in [5.74, 6) is 3.83. The Bertz CT molecular complexity index is 1170. The third kappa shape index (κ3) is 4.04. The van der Waals surface area contributed by atoms with Crippen molar-refractivity contribution in [2.75, 3.05) is 6.54 Å². The van der Waals surface area contributed by atoms with E-state index in [1.54, 1.807) is 5.57 Å². The average molecular weight is 547 g/mol. The predicted molar refractivity (Wildman–Crippen MR) is 157 cm³/mol. The molecule has 5 heteroatoms. The molecule has 2 saturated heterocycles. The molecule has 2 N–H and O–H groups in total. The van der Waals surface area contributed by atoms with Crippen molar-refractivity contribution >= 4 is 6.09 Å². The van der Waals surface area contributed by atoms with Crippen LogP contribution in [0.25, 0.3) is 0 Å². The molecule has 1 amide bonds. The highest BCUT2D eigenvalue weighted by Crippen LogP contribution is 2.66. The van der Waals surface area contributed by atoms with E-state index in [4.69, 9.17) is 15.2 Å². The van der Waals surface area contributed by atoms with Crippen LogP contribution < -0.4 is 5.73 Å². The molecule has 0 aromatic heterocycles. The first kappa shape index (κ1) is 27.0. The lowest BCUT2D eigenvalue weighted by Gasteiger charge is -2.54. The third-order valence-electron chi connectivity index (χ3n) is 13.1. The van der Waals surface area contributed by atoms with Crippen LogP contribution in [0, 0.1) is 40.9 Å². The summed E-state index contributed by atoms with van der Waals surface area (Å²) >= 11 is 0. The lowest BCUT2D eigenvalue weighted by Crippen LogP contribution is -2.54. The van der Waals surface area contributed by atoms with E-state index in [1.165, 1.54) is 50.5 Å². The van der Waals surface area contributed by atoms with Gasteiger partial charge in [-0.3, -0.25) is 0 Å². The topological polar surface area (TPSA) is 64.8 Å². The minimum atomic E-state index is -0.244. The van der Waals surface area contributed by atoms with Gasteiger partial charge in [-0.2, -0.15) is 0 Å². The Morgan fingerprint density at radius 2 is 1.90 bits per heavy atom. The number of carbonyl (C=O) groups is 1. The quantitative estimate of drug-likeness (QED) is 0.402. The molecule has 0 bridgehead atoms. The second-order valence-corrected chi connectivity index (χ2v) is 14.9. The number of hydrogen-bond donors (Lipinski definition) is 1. The van der Waals surface area contributed by atoms with E-state index in [0.717, 1.165) is 48.6 Å². The molecule has 4 unspecified atom stereocenters. The molecule has 2 heterocycles. The Hall–Kier alpha value is -1.85. The second-order valence-electron chi connectivity index (χ2n) is 14.9. The highest BCUT2D eigenvalue weighted by molar-refractivity contribution is 5.68. The van der Waals surface area contributed by atoms with Crippen molar-refractivity contribution in [3.8, 4) is 0 Å². The van der Waals surface area contributed by atoms with Gasteiger partial charge in [-0.05, 0) is 111 Å². The van der Waals surface area contributed by atoms with Gasteiger partial charge in [0, 0.05) is 18.5 Å². The Labute approximate surface area is 241 Å². The van der Waals surface area contributed by atoms with Crippen LogP contribution in [-0.2, 0) is 16.1 Å². The van der Waals surface area contributed by atoms with Crippen LogP contribution in [-0.4, -0.2) is 41.3 Å². The molecule has 5 fully saturated rings. The van der Waals surface area contributed by atoms with Gasteiger partial charge in [-0.15, -0.1) is 0 Å². The Morgan fingerprint density at radius 3 is 2.70 bits per heavy atom. The van der Waals surface area contributed by atoms with Crippen molar-refractivity contribution < 1.29 is 14.3 Å². The Kier molecular flexibility index (Phi) is 6.66. The molecule has 4 aliphatic carbocycles. The molecule has 7 rings (SSSR count). The largest absolute Gasteiger partial charge is 0.445 e. The van der Waals surface area contributed by atoms with Crippen LogP contribution in [0.15, 0.2) is 41.5 Å². The number of carbonyl (C=O) groups excluding carboxylic acids is 1. The molecule has 11 atom stereocenters. The van der Waals surface area contributed by atoms with Crippen LogP contribution in [0.2, 0.25) is 0 Å². The van der Waals surface area contributed by atoms with Gasteiger partial charge in [0.1, 0.15) is 6.61 Å². The van der Waals surface area contributed by atoms with Crippen molar-refractivity contribution in [2.45, 2.75) is 116 Å². The highest BCUT2D eigenvalue weighted by Gasteiger charge is 2.63. The molecule has 218 valence electrons. The summed E-state index contributed by atoms with van der Waals surface area (Å²) in [5.41, 5.74) is 10.9. The van der Waals surface area contributed by atoms with Crippen LogP contribution in [0.1, 0.15) is 91.0 Å². The fourth-order valence-corrected chi connectivity index (χ4v) is 11.0. The SMILES string of the molecule is CC1=C2C[C@H]3C(CC[C@@H]4C[C@H](N)CCC43C)[C@@H]2CCC12O[C@@H]1C[C@H](C)CN(C(=O)OCc3ccccc3)C1[C@H]2C. The van der Waals surface area contributed by atoms with E-state index in [9.17, 15) is 4.79 Å². The van der Waals surface area contributed by atoms with Crippen LogP contribution >= 0.6 is 0 Å². The molecule has 3 saturated carbocycles. The molecule has 1 spiro atoms. The summed E-state index contributed by atoms with van der Waals surface area (Å²) in [7, 11) is 0. The number of piperidine rings is 1. The maximum absolute atomic E-state index is 13.5. The zero-order valence-electron chi connectivity index (χ0n) is 25.1. The smallest absolute Gasteiger partial charge is 0.410 e. The molecule has 6 aliphatic rings. The lowest BCUT2D eigenvalue weighted by atomic mass is 9.52. The van der Waals surface area contributed by atoms with E-state index in [0.29, 0.717) is 24.0 Å². The number of amides is 1. The fraction of sp³-hybridized carbons (Fsp3) is 0.743. The lowest BCUT2D eigenvalue weighted by molar-refractivity contribution is -0.0665. The van der Waals surface area contributed by atoms with Gasteiger partial charge in [0.05, 0.1) is 17.7 Å². The molecule has 5 nitrogen and oxygen atoms in total. The monoisotopic (exact) mass is 546 g/mol. The molecular weight excluding hydrogens is 496 g/mol. The average Bonchev–Trinajstić information content (AvgIpc) is 3.47. The maximum Gasteiger partial charge on any atom is 0.410 e. The maximum atomic E-state index is 13.5. The molecule has 1 aromatic rings. The minimum absolute atomic E-state index is 0.0805. The second kappa shape index (κ2) is 9.87. The van der Waals surface area contributed by atoms with Crippen molar-refractivity contribution in [3.05, 3.63) is 47.0 Å². The fourth-order valence-electron chi connectivity index (χ4n) is 11.0. The summed E-state index contributed by atoms with van der Waals surface area (Å²) in [4.78, 5) is 15.6. The zero-order valence-corrected chi connectivity index (χ0v) is 25.1. The van der Waals surface area contributed by atoms with Gasteiger partial charge >= 0.3 is 6.09 Å². The van der Waals surface area contributed by atoms with Crippen molar-refractivity contribution in [3.63, 3.8) is 0 Å². The summed E-state index contributed by atoms with van der Waals surface area (Å²) < 4.78 is 13.1. The predicted octanol–water partition coefficient (Wildman–Crippen LogP) is 7.10. The first-order valence-electron chi connectivity index (χ1n) is 16.3. The normalized spacial score (nSPS) is 46.0. The van der Waals surface area contributed by atoms with Gasteiger partial charge < -0.3 is 20.1 Å². The van der Waals surface area contributed by atoms with Crippen LogP contribution in [0.3, 0.4) is 0 Å². The number of nitrogens with zero attached hydrogens (tertiary/aromatic N) is 1. The van der Waals surface area contributed by atoms with E-state index in [-0.39, 0.29) is 29.8 Å². The van der Waals surface area contributed by atoms with Crippen LogP contribution in [0.4, 0.5) is 4.79 Å². The number of allylic oxidation sites excluding steroid dienone is 1. The Balaban J connectivity index is 1.15. The molecule has 2 aliphatic heterocycles. The molecule has 1 aromatic carbocycles. The van der Waals surface area contributed by atoms with Crippen molar-refractivity contribution in [1.82, 2.24) is 4.90 Å². The molecule has 0 radical (unpaired) electrons. The number of ether oxygens (including phenoxy) is 2. The number of likely N-dealkylation sites (tertiary alicyclic amines) is 1. The van der Waals surface area contributed by atoms with E-state index in [1.807, 2.05) is 35.2 Å². The standard InChI is InChI=1S/C35H50N2O3/c1-21-16-31-32(37(19-21)33(38)39-20-24-8-6-5-7-9-24)23(3)35(40-31)15-13-27-28-11-10-25-17-26(36)12-14-34(25,4)30(28)18-29(27)22(35)2/h5-9,21,23,25-28,30-32H,10-20,36H2,1-4H3/t21-,23+,25+,26+,27-,28?,30-,31+,32?,34?,35?/m0/s1. The number of fused-ring (bicyclic) bond motifs is 6. The van der Waals surface area contributed by atoms with E-state index in [2.05, 4.69) is 27.7 Å². The molecular formula is C35H50N2O3. The first-order chi connectivity index (χ1) is 19.2. The number of benzene rings is 1. The Morgan fingerprint density at radius 1 is 1.10 bits per heavy atom. The number of rotatable bonds is 2. The van der Waals surface area contributed by atoms with Gasteiger partial charge in [0.15, 0.2) is 0 Å². The minimum Gasteiger partial charge on any atom is -0.445 e. The van der Waals surface area contributed by atoms with Gasteiger partial charge in [-0.25, -0.2) is 4.79 Å². The van der Waals surface area contributed by atoms with Gasteiger partial charge in [0.25, 0.3) is 0 Å². The van der Waals surface area contributed by atoms with Crippen LogP contribution in [0.5, 0.6) is 0 Å². The summed E-state index contributed by atoms with van der Waals surface area (Å²) in [6.07, 6.45) is 11.0. The first-order valence-corrected chi connectivity index (χ1v) is 16.3. The molecule has 40 heavy (non-hydrogen) atoms. The number of hydrogen-bond acceptors (Lipinski definition) is 4. The van der Waals surface area contributed by atoms with Gasteiger partial charge in [-0.1, -0.05) is 56.7 Å². The van der Waals surface area contributed by atoms with Crippen molar-refractivity contribution in [1.29, 1.82) is 0 Å². The number of nitrogens with two attached hydrogens (primary N) is 1. The summed E-state index contributed by atoms with van der Waals surface area (Å²) in [5, 5.41) is 0. The van der Waals surface area contributed by atoms with Crippen molar-refractivity contribution in [2.24, 2.45) is 46.7 Å².